The van der Waals surface area contributed by atoms with Crippen molar-refractivity contribution in [3.05, 3.63) is 29.3 Å². The van der Waals surface area contributed by atoms with Gasteiger partial charge in [0.05, 0.1) is 13.5 Å². The van der Waals surface area contributed by atoms with Crippen molar-refractivity contribution >= 4 is 11.7 Å². The number of hydrogen-bond acceptors (Lipinski definition) is 4. The molecule has 22 heavy (non-hydrogen) atoms. The summed E-state index contributed by atoms with van der Waals surface area (Å²) < 4.78 is 5.31. The molecular weight excluding hydrogens is 280 g/mol. The first-order valence-corrected chi connectivity index (χ1v) is 7.73. The van der Waals surface area contributed by atoms with Gasteiger partial charge in [-0.05, 0) is 31.7 Å². The quantitative estimate of drug-likeness (QED) is 0.776. The molecule has 0 aromatic heterocycles. The Hall–Kier alpha value is -1.88. The van der Waals surface area contributed by atoms with Gasteiger partial charge in [0, 0.05) is 37.3 Å². The van der Waals surface area contributed by atoms with Gasteiger partial charge >= 0.3 is 0 Å². The molecule has 1 aromatic rings. The maximum absolute atomic E-state index is 12.5. The average molecular weight is 304 g/mol. The molecule has 1 heterocycles. The number of rotatable bonds is 5. The van der Waals surface area contributed by atoms with Gasteiger partial charge in [0.15, 0.2) is 5.78 Å². The summed E-state index contributed by atoms with van der Waals surface area (Å²) in [5, 5.41) is 0. The summed E-state index contributed by atoms with van der Waals surface area (Å²) >= 11 is 0. The Bertz CT molecular complexity index is 549. The van der Waals surface area contributed by atoms with Gasteiger partial charge in [-0.25, -0.2) is 0 Å². The molecule has 1 fully saturated rings. The number of carbonyl (C=O) groups excluding carboxylic acids is 2. The standard InChI is InChI=1S/C17H24N2O3/c1-4-18-7-9-19(10-8-18)17(21)12-15-11-14(13(2)20)5-6-16(15)22-3/h5-6,11H,4,7-10,12H2,1-3H3. The second-order valence-electron chi connectivity index (χ2n) is 5.57. The Balaban J connectivity index is 2.07. The molecular formula is C17H24N2O3. The van der Waals surface area contributed by atoms with Crippen LogP contribution in [0, 0.1) is 0 Å². The maximum atomic E-state index is 12.5. The first-order valence-electron chi connectivity index (χ1n) is 7.73. The van der Waals surface area contributed by atoms with Crippen molar-refractivity contribution in [1.29, 1.82) is 0 Å². The van der Waals surface area contributed by atoms with Gasteiger partial charge in [-0.1, -0.05) is 6.92 Å². The number of methoxy groups -OCH3 is 1. The lowest BCUT2D eigenvalue weighted by Crippen LogP contribution is -2.48. The topological polar surface area (TPSA) is 49.9 Å². The number of amides is 1. The van der Waals surface area contributed by atoms with Gasteiger partial charge in [-0.15, -0.1) is 0 Å². The van der Waals surface area contributed by atoms with Crippen molar-refractivity contribution in [1.82, 2.24) is 9.80 Å². The van der Waals surface area contributed by atoms with Gasteiger partial charge < -0.3 is 14.5 Å². The van der Waals surface area contributed by atoms with Crippen molar-refractivity contribution in [3.8, 4) is 5.75 Å². The largest absolute Gasteiger partial charge is 0.496 e. The second kappa shape index (κ2) is 7.40. The Morgan fingerprint density at radius 2 is 1.86 bits per heavy atom. The molecule has 0 N–H and O–H groups in total. The van der Waals surface area contributed by atoms with Crippen LogP contribution in [0.2, 0.25) is 0 Å². The van der Waals surface area contributed by atoms with Crippen LogP contribution in [-0.4, -0.2) is 61.3 Å². The van der Waals surface area contributed by atoms with E-state index in [1.807, 2.05) is 4.90 Å². The highest BCUT2D eigenvalue weighted by Gasteiger charge is 2.21. The van der Waals surface area contributed by atoms with E-state index in [2.05, 4.69) is 11.8 Å². The van der Waals surface area contributed by atoms with E-state index in [0.717, 1.165) is 38.3 Å². The second-order valence-corrected chi connectivity index (χ2v) is 5.57. The molecule has 0 radical (unpaired) electrons. The summed E-state index contributed by atoms with van der Waals surface area (Å²) in [6, 6.07) is 5.25. The average Bonchev–Trinajstić information content (AvgIpc) is 2.54. The first-order chi connectivity index (χ1) is 10.5. The summed E-state index contributed by atoms with van der Waals surface area (Å²) in [7, 11) is 1.58. The molecule has 0 atom stereocenters. The SMILES string of the molecule is CCN1CCN(C(=O)Cc2cc(C(C)=O)ccc2OC)CC1. The van der Waals surface area contributed by atoms with Crippen LogP contribution in [0.3, 0.4) is 0 Å². The number of carbonyl (C=O) groups is 2. The van der Waals surface area contributed by atoms with Gasteiger partial charge in [0.2, 0.25) is 5.91 Å². The molecule has 120 valence electrons. The van der Waals surface area contributed by atoms with E-state index in [-0.39, 0.29) is 18.1 Å². The molecule has 0 unspecified atom stereocenters. The molecule has 0 aliphatic carbocycles. The lowest BCUT2D eigenvalue weighted by molar-refractivity contribution is -0.132. The fraction of sp³-hybridized carbons (Fsp3) is 0.529. The third-order valence-electron chi connectivity index (χ3n) is 4.20. The van der Waals surface area contributed by atoms with Crippen LogP contribution < -0.4 is 4.74 Å². The van der Waals surface area contributed by atoms with Crippen molar-refractivity contribution in [2.24, 2.45) is 0 Å². The highest BCUT2D eigenvalue weighted by atomic mass is 16.5. The molecule has 2 rings (SSSR count). The predicted octanol–water partition coefficient (Wildman–Crippen LogP) is 1.60. The van der Waals surface area contributed by atoms with E-state index in [1.54, 1.807) is 25.3 Å². The van der Waals surface area contributed by atoms with Crippen LogP contribution in [0.1, 0.15) is 29.8 Å². The molecule has 5 heteroatoms. The number of nitrogens with zero attached hydrogens (tertiary/aromatic N) is 2. The Labute approximate surface area is 131 Å². The van der Waals surface area contributed by atoms with E-state index in [4.69, 9.17) is 4.74 Å². The monoisotopic (exact) mass is 304 g/mol. The third kappa shape index (κ3) is 3.85. The van der Waals surface area contributed by atoms with Gasteiger partial charge in [0.1, 0.15) is 5.75 Å². The summed E-state index contributed by atoms with van der Waals surface area (Å²) in [6.45, 7) is 8.06. The molecule has 0 bridgehead atoms. The number of Topliss-reactive ketones (excluding diaryl/α,β-unsaturated/α-hetero) is 1. The van der Waals surface area contributed by atoms with Crippen LogP contribution in [0.15, 0.2) is 18.2 Å². The minimum absolute atomic E-state index is 0.00656. The highest BCUT2D eigenvalue weighted by Crippen LogP contribution is 2.21. The van der Waals surface area contributed by atoms with Gasteiger partial charge in [-0.3, -0.25) is 9.59 Å². The molecule has 0 saturated carbocycles. The maximum Gasteiger partial charge on any atom is 0.227 e. The predicted molar refractivity (Wildman–Crippen MR) is 85.4 cm³/mol. The molecule has 1 amide bonds. The fourth-order valence-corrected chi connectivity index (χ4v) is 2.72. The zero-order valence-electron chi connectivity index (χ0n) is 13.6. The normalized spacial score (nSPS) is 15.7. The van der Waals surface area contributed by atoms with Crippen molar-refractivity contribution in [2.75, 3.05) is 39.8 Å². The number of piperazine rings is 1. The molecule has 5 nitrogen and oxygen atoms in total. The van der Waals surface area contributed by atoms with Crippen LogP contribution in [0.25, 0.3) is 0 Å². The fourth-order valence-electron chi connectivity index (χ4n) is 2.72. The number of ketones is 1. The minimum atomic E-state index is -0.00656. The van der Waals surface area contributed by atoms with E-state index < -0.39 is 0 Å². The lowest BCUT2D eigenvalue weighted by atomic mass is 10.0. The van der Waals surface area contributed by atoms with Crippen molar-refractivity contribution in [3.63, 3.8) is 0 Å². The Morgan fingerprint density at radius 1 is 1.18 bits per heavy atom. The first kappa shape index (κ1) is 16.5. The molecule has 1 saturated heterocycles. The van der Waals surface area contributed by atoms with E-state index in [9.17, 15) is 9.59 Å². The molecule has 1 aromatic carbocycles. The molecule has 1 aliphatic heterocycles. The summed E-state index contributed by atoms with van der Waals surface area (Å²) in [4.78, 5) is 28.2. The van der Waals surface area contributed by atoms with Crippen LogP contribution in [0.4, 0.5) is 0 Å². The number of hydrogen-bond donors (Lipinski definition) is 0. The van der Waals surface area contributed by atoms with Crippen molar-refractivity contribution < 1.29 is 14.3 Å². The Kier molecular flexibility index (Phi) is 5.55. The van der Waals surface area contributed by atoms with Gasteiger partial charge in [0.25, 0.3) is 0 Å². The Morgan fingerprint density at radius 3 is 2.41 bits per heavy atom. The van der Waals surface area contributed by atoms with E-state index >= 15 is 0 Å². The summed E-state index contributed by atoms with van der Waals surface area (Å²) in [5.41, 5.74) is 1.39. The zero-order valence-corrected chi connectivity index (χ0v) is 13.6. The van der Waals surface area contributed by atoms with E-state index in [0.29, 0.717) is 11.3 Å². The molecule has 0 spiro atoms. The van der Waals surface area contributed by atoms with Crippen LogP contribution in [-0.2, 0) is 11.2 Å². The van der Waals surface area contributed by atoms with Crippen molar-refractivity contribution in [2.45, 2.75) is 20.3 Å². The summed E-state index contributed by atoms with van der Waals surface area (Å²) in [5.74, 6) is 0.744. The highest BCUT2D eigenvalue weighted by molar-refractivity contribution is 5.94. The van der Waals surface area contributed by atoms with E-state index in [1.165, 1.54) is 6.92 Å². The number of ether oxygens (including phenoxy) is 1. The smallest absolute Gasteiger partial charge is 0.227 e. The lowest BCUT2D eigenvalue weighted by Gasteiger charge is -2.34. The molecule has 1 aliphatic rings. The third-order valence-corrected chi connectivity index (χ3v) is 4.20. The van der Waals surface area contributed by atoms with Crippen LogP contribution >= 0.6 is 0 Å². The number of benzene rings is 1. The van der Waals surface area contributed by atoms with Gasteiger partial charge in [-0.2, -0.15) is 0 Å². The zero-order chi connectivity index (χ0) is 16.1. The van der Waals surface area contributed by atoms with Crippen LogP contribution in [0.5, 0.6) is 5.75 Å². The number of likely N-dealkylation sites (N-methyl/N-ethyl adjacent to an activating group) is 1. The summed E-state index contributed by atoms with van der Waals surface area (Å²) in [6.07, 6.45) is 0.274. The minimum Gasteiger partial charge on any atom is -0.496 e.